The van der Waals surface area contributed by atoms with Crippen molar-refractivity contribution in [3.63, 3.8) is 0 Å². The van der Waals surface area contributed by atoms with E-state index in [0.29, 0.717) is 0 Å². The summed E-state index contributed by atoms with van der Waals surface area (Å²) < 4.78 is 5.33. The van der Waals surface area contributed by atoms with Crippen LogP contribution < -0.4 is 12.4 Å². The fourth-order valence-electron chi connectivity index (χ4n) is 0.763. The molecule has 0 amide bonds. The van der Waals surface area contributed by atoms with E-state index in [9.17, 15) is 0 Å². The zero-order valence-corrected chi connectivity index (χ0v) is 8.25. The molecule has 0 spiro atoms. The summed E-state index contributed by atoms with van der Waals surface area (Å²) in [6.07, 6.45) is 7.50. The van der Waals surface area contributed by atoms with Gasteiger partial charge in [-0.15, -0.1) is 0 Å². The molecule has 0 aromatic heterocycles. The molecule has 1 rings (SSSR count). The number of hydrogen-bond donors (Lipinski definition) is 0. The Morgan fingerprint density at radius 2 is 2.50 bits per heavy atom. The maximum Gasteiger partial charge on any atom is -1.00 e. The van der Waals surface area contributed by atoms with Crippen LogP contribution in [0.4, 0.5) is 0 Å². The van der Waals surface area contributed by atoms with Crippen LogP contribution in [0.1, 0.15) is 6.42 Å². The molecule has 0 fully saturated rings. The van der Waals surface area contributed by atoms with E-state index >= 15 is 0 Å². The maximum atomic E-state index is 5.33. The van der Waals surface area contributed by atoms with Gasteiger partial charge in [0.1, 0.15) is 0 Å². The van der Waals surface area contributed by atoms with Crippen molar-refractivity contribution >= 4 is 0 Å². The van der Waals surface area contributed by atoms with Crippen molar-refractivity contribution in [2.24, 2.45) is 0 Å². The molecule has 55 valence electrons. The maximum absolute atomic E-state index is 5.33. The molecule has 0 N–H and O–H groups in total. The van der Waals surface area contributed by atoms with Crippen molar-refractivity contribution in [1.82, 2.24) is 0 Å². The van der Waals surface area contributed by atoms with Crippen molar-refractivity contribution < 1.29 is 35.3 Å². The minimum atomic E-state index is -0.0878. The molecule has 0 saturated heterocycles. The Balaban J connectivity index is 0.000000810. The predicted octanol–water partition coefficient (Wildman–Crippen LogP) is -1.06. The van der Waals surface area contributed by atoms with Crippen molar-refractivity contribution in [2.45, 2.75) is 11.6 Å². The van der Waals surface area contributed by atoms with Gasteiger partial charge in [-0.05, 0) is 0 Å². The van der Waals surface area contributed by atoms with Gasteiger partial charge in [0.25, 0.3) is 0 Å². The molecule has 1 aliphatic carbocycles. The molecule has 0 aliphatic heterocycles. The monoisotopic (exact) mass is 193 g/mol. The number of halogens is 1. The van der Waals surface area contributed by atoms with Gasteiger partial charge in [0, 0.05) is 0 Å². The molecule has 3 heteroatoms. The average molecular weight is 193 g/mol. The molecule has 0 atom stereocenters. The quantitative estimate of drug-likeness (QED) is 0.519. The first-order valence-corrected chi connectivity index (χ1v) is 5.26. The molecule has 0 aromatic rings. The standard InChI is InChI=1S/C6H7O.CH3.ClH.Ti/c7-5-6-3-1-2-4-6;;;/h1-3H,4-5H2;1H3;1H;/q-1;;;+2/p-1. The van der Waals surface area contributed by atoms with E-state index in [1.165, 1.54) is 5.57 Å². The topological polar surface area (TPSA) is 9.23 Å². The van der Waals surface area contributed by atoms with Crippen LogP contribution in [-0.4, -0.2) is 6.61 Å². The van der Waals surface area contributed by atoms with Gasteiger partial charge < -0.3 is 12.4 Å². The van der Waals surface area contributed by atoms with Crippen LogP contribution in [-0.2, 0) is 22.9 Å². The Morgan fingerprint density at radius 1 is 1.70 bits per heavy atom. The van der Waals surface area contributed by atoms with Gasteiger partial charge in [0.05, 0.1) is 0 Å². The van der Waals surface area contributed by atoms with E-state index in [1.54, 1.807) is 0 Å². The molecule has 0 radical (unpaired) electrons. The van der Waals surface area contributed by atoms with Crippen LogP contribution in [0, 0.1) is 0 Å². The fraction of sp³-hybridized carbons (Fsp3) is 0.429. The van der Waals surface area contributed by atoms with E-state index in [1.807, 2.05) is 0 Å². The second kappa shape index (κ2) is 6.17. The van der Waals surface area contributed by atoms with Gasteiger partial charge in [0.2, 0.25) is 0 Å². The van der Waals surface area contributed by atoms with Gasteiger partial charge in [-0.2, -0.15) is 0 Å². The summed E-state index contributed by atoms with van der Waals surface area (Å²) in [6.45, 7) is 0.865. The van der Waals surface area contributed by atoms with E-state index in [0.717, 1.165) is 13.0 Å². The van der Waals surface area contributed by atoms with Gasteiger partial charge in [-0.3, -0.25) is 0 Å². The van der Waals surface area contributed by atoms with Crippen LogP contribution >= 0.6 is 0 Å². The Morgan fingerprint density at radius 3 is 3.00 bits per heavy atom. The zero-order chi connectivity index (χ0) is 6.53. The van der Waals surface area contributed by atoms with E-state index in [2.05, 4.69) is 23.5 Å². The Kier molecular flexibility index (Phi) is 6.45. The number of hydrogen-bond acceptors (Lipinski definition) is 1. The third-order valence-electron chi connectivity index (χ3n) is 1.25. The molecule has 0 heterocycles. The van der Waals surface area contributed by atoms with Gasteiger partial charge in [0.15, 0.2) is 0 Å². The largest absolute Gasteiger partial charge is 1.00 e. The second-order valence-corrected chi connectivity index (χ2v) is 3.04. The van der Waals surface area contributed by atoms with Crippen LogP contribution in [0.5, 0.6) is 0 Å². The molecule has 1 nitrogen and oxygen atoms in total. The Bertz CT molecular complexity index is 143. The normalized spacial score (nSPS) is 13.9. The van der Waals surface area contributed by atoms with Gasteiger partial charge in [-0.25, -0.2) is 0 Å². The molecule has 0 bridgehead atoms. The van der Waals surface area contributed by atoms with Crippen molar-refractivity contribution in [3.8, 4) is 0 Å². The summed E-state index contributed by atoms with van der Waals surface area (Å²) >= 11 is -0.0878. The Hall–Kier alpha value is 0.444. The third kappa shape index (κ3) is 3.57. The predicted molar refractivity (Wildman–Crippen MR) is 33.7 cm³/mol. The molecule has 0 aromatic carbocycles. The van der Waals surface area contributed by atoms with Gasteiger partial charge >= 0.3 is 64.9 Å². The summed E-state index contributed by atoms with van der Waals surface area (Å²) in [6, 6.07) is 0. The van der Waals surface area contributed by atoms with Crippen LogP contribution in [0.2, 0.25) is 5.23 Å². The zero-order valence-electron chi connectivity index (χ0n) is 5.93. The van der Waals surface area contributed by atoms with E-state index < -0.39 is 0 Å². The Labute approximate surface area is 77.3 Å². The van der Waals surface area contributed by atoms with Crippen LogP contribution in [0.3, 0.4) is 0 Å². The fourth-order valence-corrected chi connectivity index (χ4v) is 1.28. The SMILES string of the molecule is [CH3][Ti+][O]CC1=CC=CC1.[Cl-]. The van der Waals surface area contributed by atoms with E-state index in [4.69, 9.17) is 3.32 Å². The summed E-state index contributed by atoms with van der Waals surface area (Å²) in [5, 5.41) is 2.14. The molecule has 0 unspecified atom stereocenters. The first-order valence-electron chi connectivity index (χ1n) is 3.06. The second-order valence-electron chi connectivity index (χ2n) is 1.95. The number of rotatable bonds is 3. The summed E-state index contributed by atoms with van der Waals surface area (Å²) in [7, 11) is 0. The van der Waals surface area contributed by atoms with Crippen molar-refractivity contribution in [2.75, 3.05) is 6.61 Å². The first kappa shape index (κ1) is 10.4. The van der Waals surface area contributed by atoms with Crippen LogP contribution in [0.25, 0.3) is 0 Å². The molecule has 1 aliphatic rings. The molecule has 0 saturated carbocycles. The third-order valence-corrected chi connectivity index (χ3v) is 1.93. The van der Waals surface area contributed by atoms with Crippen molar-refractivity contribution in [1.29, 1.82) is 0 Å². The van der Waals surface area contributed by atoms with Crippen LogP contribution in [0.15, 0.2) is 23.8 Å². The van der Waals surface area contributed by atoms with E-state index in [-0.39, 0.29) is 31.9 Å². The molecular weight excluding hydrogens is 183 g/mol. The summed E-state index contributed by atoms with van der Waals surface area (Å²) in [4.78, 5) is 0. The van der Waals surface area contributed by atoms with Gasteiger partial charge in [-0.1, -0.05) is 0 Å². The minimum absolute atomic E-state index is 0. The summed E-state index contributed by atoms with van der Waals surface area (Å²) in [5.41, 5.74) is 1.42. The summed E-state index contributed by atoms with van der Waals surface area (Å²) in [5.74, 6) is 0. The first-order chi connectivity index (χ1) is 4.43. The average Bonchev–Trinajstić information content (AvgIpc) is 2.34. The number of allylic oxidation sites excluding steroid dienone is 3. The smallest absolute Gasteiger partial charge is 1.00 e. The minimum Gasteiger partial charge on any atom is -1.00 e. The molecular formula is C7H10ClOTi. The molecule has 10 heavy (non-hydrogen) atoms. The van der Waals surface area contributed by atoms with Crippen molar-refractivity contribution in [3.05, 3.63) is 23.8 Å².